The van der Waals surface area contributed by atoms with E-state index in [1.165, 1.54) is 32.3 Å². The Balaban J connectivity index is 1.62. The van der Waals surface area contributed by atoms with Gasteiger partial charge in [-0.05, 0) is 66.7 Å². The summed E-state index contributed by atoms with van der Waals surface area (Å²) >= 11 is 0. The van der Waals surface area contributed by atoms with Gasteiger partial charge < -0.3 is 0 Å². The van der Waals surface area contributed by atoms with Crippen LogP contribution in [0.2, 0.25) is 0 Å². The fourth-order valence-corrected chi connectivity index (χ4v) is 5.54. The molecule has 0 aliphatic heterocycles. The zero-order chi connectivity index (χ0) is 23.6. The molecule has 8 nitrogen and oxygen atoms in total. The molecule has 4 heterocycles. The molecule has 0 amide bonds. The van der Waals surface area contributed by atoms with Gasteiger partial charge in [-0.2, -0.15) is 20.4 Å². The van der Waals surface area contributed by atoms with Crippen LogP contribution in [0, 0.1) is 0 Å². The van der Waals surface area contributed by atoms with E-state index in [2.05, 4.69) is 77.2 Å². The third kappa shape index (κ3) is 2.58. The first kappa shape index (κ1) is 19.1. The first-order chi connectivity index (χ1) is 17.9. The lowest BCUT2D eigenvalue weighted by Crippen LogP contribution is -1.93. The first-order valence-corrected chi connectivity index (χ1v) is 11.6. The average Bonchev–Trinajstić information content (AvgIpc) is 3.74. The van der Waals surface area contributed by atoms with Crippen molar-refractivity contribution in [2.75, 3.05) is 0 Å². The van der Waals surface area contributed by atoms with Crippen molar-refractivity contribution >= 4 is 32.3 Å². The summed E-state index contributed by atoms with van der Waals surface area (Å²) in [6.45, 7) is 0. The van der Waals surface area contributed by atoms with Gasteiger partial charge in [-0.15, -0.1) is 0 Å². The molecule has 0 aliphatic carbocycles. The van der Waals surface area contributed by atoms with Crippen molar-refractivity contribution in [3.63, 3.8) is 0 Å². The molecule has 0 fully saturated rings. The van der Waals surface area contributed by atoms with Gasteiger partial charge in [0, 0.05) is 47.0 Å². The van der Waals surface area contributed by atoms with Crippen molar-refractivity contribution < 1.29 is 0 Å². The van der Waals surface area contributed by atoms with Crippen molar-refractivity contribution in [2.24, 2.45) is 0 Å². The molecule has 8 rings (SSSR count). The Bertz CT molecular complexity index is 1680. The Kier molecular flexibility index (Phi) is 3.78. The Morgan fingerprint density at radius 2 is 0.667 bits per heavy atom. The lowest BCUT2D eigenvalue weighted by atomic mass is 9.83. The smallest absolute Gasteiger partial charge is 0.0566 e. The summed E-state index contributed by atoms with van der Waals surface area (Å²) in [5, 5.41) is 36.0. The van der Waals surface area contributed by atoms with Gasteiger partial charge in [0.05, 0.1) is 24.8 Å². The second kappa shape index (κ2) is 7.13. The summed E-state index contributed by atoms with van der Waals surface area (Å²) in [6, 6.07) is 13.4. The normalized spacial score (nSPS) is 11.9. The quantitative estimate of drug-likeness (QED) is 0.233. The maximum Gasteiger partial charge on any atom is 0.0566 e. The summed E-state index contributed by atoms with van der Waals surface area (Å²) in [7, 11) is 0. The first-order valence-electron chi connectivity index (χ1n) is 11.6. The van der Waals surface area contributed by atoms with Gasteiger partial charge in [0.1, 0.15) is 0 Å². The number of rotatable bonds is 4. The Morgan fingerprint density at radius 1 is 0.389 bits per heavy atom. The zero-order valence-electron chi connectivity index (χ0n) is 18.9. The summed E-state index contributed by atoms with van der Waals surface area (Å²) < 4.78 is 0. The minimum Gasteiger partial charge on any atom is -0.285 e. The van der Waals surface area contributed by atoms with E-state index in [4.69, 9.17) is 0 Å². The van der Waals surface area contributed by atoms with E-state index < -0.39 is 0 Å². The number of nitrogens with one attached hydrogen (secondary N) is 4. The third-order valence-corrected chi connectivity index (χ3v) is 7.14. The average molecular weight is 467 g/mol. The summed E-state index contributed by atoms with van der Waals surface area (Å²) in [6.07, 6.45) is 15.3. The van der Waals surface area contributed by atoms with Crippen LogP contribution in [0.5, 0.6) is 0 Å². The number of benzene rings is 4. The molecule has 4 aromatic carbocycles. The molecule has 4 N–H and O–H groups in total. The molecule has 4 aromatic heterocycles. The minimum absolute atomic E-state index is 1.04. The highest BCUT2D eigenvalue weighted by molar-refractivity contribution is 6.31. The molecule has 0 bridgehead atoms. The second-order valence-electron chi connectivity index (χ2n) is 8.96. The lowest BCUT2D eigenvalue weighted by Gasteiger charge is -2.20. The molecule has 0 radical (unpaired) electrons. The van der Waals surface area contributed by atoms with Gasteiger partial charge in [-0.1, -0.05) is 24.3 Å². The van der Waals surface area contributed by atoms with Gasteiger partial charge in [0.2, 0.25) is 0 Å². The number of hydrogen-bond acceptors (Lipinski definition) is 4. The lowest BCUT2D eigenvalue weighted by molar-refractivity contribution is 1.09. The van der Waals surface area contributed by atoms with Crippen LogP contribution in [0.4, 0.5) is 0 Å². The van der Waals surface area contributed by atoms with Crippen LogP contribution in [0.25, 0.3) is 76.8 Å². The highest BCUT2D eigenvalue weighted by atomic mass is 15.1. The van der Waals surface area contributed by atoms with Crippen molar-refractivity contribution in [1.82, 2.24) is 40.8 Å². The highest BCUT2D eigenvalue weighted by Crippen LogP contribution is 2.47. The highest BCUT2D eigenvalue weighted by Gasteiger charge is 2.21. The molecule has 0 atom stereocenters. The SMILES string of the molecule is c1n[nH]cc1-c1cc(-c2cn[nH]c2)c2ccc3c(-c4cn[nH]c4)cc(-c4cn[nH]c4)c4ccc1c2c43. The number of hydrogen-bond donors (Lipinski definition) is 4. The number of aromatic amines is 4. The van der Waals surface area contributed by atoms with Gasteiger partial charge in [0.15, 0.2) is 0 Å². The van der Waals surface area contributed by atoms with E-state index in [0.29, 0.717) is 0 Å². The number of nitrogens with zero attached hydrogens (tertiary/aromatic N) is 4. The largest absolute Gasteiger partial charge is 0.285 e. The van der Waals surface area contributed by atoms with Crippen molar-refractivity contribution in [3.8, 4) is 44.5 Å². The monoisotopic (exact) mass is 466 g/mol. The Labute approximate surface area is 203 Å². The fraction of sp³-hybridized carbons (Fsp3) is 0. The molecule has 8 heteroatoms. The predicted octanol–water partition coefficient (Wildman–Crippen LogP) is 6.14. The molecule has 0 aliphatic rings. The zero-order valence-corrected chi connectivity index (χ0v) is 18.9. The van der Waals surface area contributed by atoms with Crippen molar-refractivity contribution in [3.05, 3.63) is 86.0 Å². The van der Waals surface area contributed by atoms with Crippen LogP contribution in [0.3, 0.4) is 0 Å². The van der Waals surface area contributed by atoms with Crippen LogP contribution in [0.1, 0.15) is 0 Å². The van der Waals surface area contributed by atoms with E-state index in [1.807, 2.05) is 49.6 Å². The minimum atomic E-state index is 1.04. The van der Waals surface area contributed by atoms with Crippen LogP contribution in [0.15, 0.2) is 86.0 Å². The number of aromatic nitrogens is 8. The molecule has 0 unspecified atom stereocenters. The van der Waals surface area contributed by atoms with Gasteiger partial charge in [-0.25, -0.2) is 0 Å². The topological polar surface area (TPSA) is 115 Å². The molecule has 170 valence electrons. The molecule has 36 heavy (non-hydrogen) atoms. The molecule has 0 saturated carbocycles. The maximum atomic E-state index is 4.23. The van der Waals surface area contributed by atoms with Crippen LogP contribution in [-0.4, -0.2) is 40.8 Å². The van der Waals surface area contributed by atoms with E-state index >= 15 is 0 Å². The van der Waals surface area contributed by atoms with E-state index in [1.54, 1.807) is 0 Å². The predicted molar refractivity (Wildman–Crippen MR) is 140 cm³/mol. The van der Waals surface area contributed by atoms with Crippen LogP contribution >= 0.6 is 0 Å². The van der Waals surface area contributed by atoms with Crippen LogP contribution in [-0.2, 0) is 0 Å². The summed E-state index contributed by atoms with van der Waals surface area (Å²) in [4.78, 5) is 0. The Hall–Kier alpha value is -5.24. The Morgan fingerprint density at radius 3 is 0.889 bits per heavy atom. The standard InChI is InChI=1S/C28H18N8/c1-2-20-24(16-9-31-32-10-16)6-26(18-13-35-36-14-18)22-4-3-21-25(17-11-33-34-12-17)5-23(15-7-29-30-8-15)19(1)27(21)28(20)22/h1-14H,(H,29,30)(H,31,32)(H,33,34)(H,35,36). The summed E-state index contributed by atoms with van der Waals surface area (Å²) in [5.41, 5.74) is 8.68. The maximum absolute atomic E-state index is 4.23. The summed E-state index contributed by atoms with van der Waals surface area (Å²) in [5.74, 6) is 0. The fourth-order valence-electron chi connectivity index (χ4n) is 5.54. The van der Waals surface area contributed by atoms with Gasteiger partial charge in [-0.3, -0.25) is 20.4 Å². The molecule has 0 saturated heterocycles. The second-order valence-corrected chi connectivity index (χ2v) is 8.96. The molecular weight excluding hydrogens is 448 g/mol. The molecular formula is C28H18N8. The van der Waals surface area contributed by atoms with Crippen molar-refractivity contribution in [2.45, 2.75) is 0 Å². The van der Waals surface area contributed by atoms with Gasteiger partial charge >= 0.3 is 0 Å². The molecule has 8 aromatic rings. The van der Waals surface area contributed by atoms with Crippen molar-refractivity contribution in [1.29, 1.82) is 0 Å². The molecule has 0 spiro atoms. The van der Waals surface area contributed by atoms with E-state index in [9.17, 15) is 0 Å². The number of H-pyrrole nitrogens is 4. The third-order valence-electron chi connectivity index (χ3n) is 7.14. The van der Waals surface area contributed by atoms with E-state index in [0.717, 1.165) is 44.5 Å². The van der Waals surface area contributed by atoms with Crippen LogP contribution < -0.4 is 0 Å². The van der Waals surface area contributed by atoms with Gasteiger partial charge in [0.25, 0.3) is 0 Å². The van der Waals surface area contributed by atoms with E-state index in [-0.39, 0.29) is 0 Å².